The van der Waals surface area contributed by atoms with E-state index in [9.17, 15) is 29.4 Å². The molecule has 2 aliphatic rings. The van der Waals surface area contributed by atoms with E-state index in [2.05, 4.69) is 5.32 Å². The number of hydrogen-bond acceptors (Lipinski definition) is 12. The van der Waals surface area contributed by atoms with Gasteiger partial charge in [-0.1, -0.05) is 6.92 Å². The molecule has 2 amide bonds. The zero-order valence-electron chi connectivity index (χ0n) is 25.5. The fourth-order valence-corrected chi connectivity index (χ4v) is 4.64. The highest BCUT2D eigenvalue weighted by Gasteiger charge is 2.42. The van der Waals surface area contributed by atoms with Crippen LogP contribution in [0.25, 0.3) is 0 Å². The number of carboxylic acid groups (broad SMARTS) is 1. The van der Waals surface area contributed by atoms with E-state index in [1.807, 2.05) is 0 Å². The van der Waals surface area contributed by atoms with E-state index >= 15 is 0 Å². The van der Waals surface area contributed by atoms with Gasteiger partial charge in [0.05, 0.1) is 36.4 Å². The Balaban J connectivity index is 1.94. The van der Waals surface area contributed by atoms with Gasteiger partial charge in [-0.2, -0.15) is 0 Å². The first-order chi connectivity index (χ1) is 20.2. The lowest BCUT2D eigenvalue weighted by Gasteiger charge is -2.40. The van der Waals surface area contributed by atoms with Crippen LogP contribution in [-0.4, -0.2) is 107 Å². The summed E-state index contributed by atoms with van der Waals surface area (Å²) in [6, 6.07) is -0.770. The van der Waals surface area contributed by atoms with Gasteiger partial charge in [-0.3, -0.25) is 14.4 Å². The van der Waals surface area contributed by atoms with E-state index in [1.165, 1.54) is 0 Å². The number of aliphatic hydroxyl groups is 2. The molecule has 2 saturated heterocycles. The average Bonchev–Trinajstić information content (AvgIpc) is 2.91. The lowest BCUT2D eigenvalue weighted by atomic mass is 10.0. The molecule has 0 aromatic rings. The number of aliphatic carboxylic acids is 1. The van der Waals surface area contributed by atoms with Gasteiger partial charge in [-0.15, -0.1) is 0 Å². The maximum Gasteiger partial charge on any atom is 0.312 e. The third-order valence-corrected chi connectivity index (χ3v) is 7.35. The number of urea groups is 1. The minimum Gasteiger partial charge on any atom is -0.481 e. The van der Waals surface area contributed by atoms with Crippen LogP contribution in [0.5, 0.6) is 0 Å². The SMILES string of the molecule is C[C@H](CCCC(=O)O[C@@H]1C[C@@H](OC(=O)[C@H](C)CNC(N)=O)[C@H](C)O[C@H]1O[C@H](C)CCC(=O)O)O[C@@H]1O[C@@H](C)[C@H](O)C[C@H]1O. The molecule has 43 heavy (non-hydrogen) atoms. The van der Waals surface area contributed by atoms with Crippen LogP contribution in [0.4, 0.5) is 4.79 Å². The number of esters is 2. The van der Waals surface area contributed by atoms with Crippen LogP contribution in [0.15, 0.2) is 0 Å². The lowest BCUT2D eigenvalue weighted by molar-refractivity contribution is -0.281. The summed E-state index contributed by atoms with van der Waals surface area (Å²) in [5, 5.41) is 31.3. The molecule has 0 aromatic carbocycles. The topological polar surface area (TPSA) is 222 Å². The normalized spacial score (nSPS) is 31.3. The number of nitrogens with one attached hydrogen (secondary N) is 1. The summed E-state index contributed by atoms with van der Waals surface area (Å²) in [5.74, 6) is -2.81. The summed E-state index contributed by atoms with van der Waals surface area (Å²) in [4.78, 5) is 47.4. The highest BCUT2D eigenvalue weighted by molar-refractivity contribution is 5.75. The molecule has 0 spiro atoms. The Morgan fingerprint density at radius 2 is 1.49 bits per heavy atom. The van der Waals surface area contributed by atoms with E-state index in [-0.39, 0.29) is 44.8 Å². The van der Waals surface area contributed by atoms with Gasteiger partial charge in [0, 0.05) is 32.2 Å². The molecule has 248 valence electrons. The fourth-order valence-electron chi connectivity index (χ4n) is 4.64. The van der Waals surface area contributed by atoms with Gasteiger partial charge in [0.2, 0.25) is 0 Å². The van der Waals surface area contributed by atoms with Crippen LogP contribution in [0, 0.1) is 5.92 Å². The van der Waals surface area contributed by atoms with Crippen molar-refractivity contribution in [3.05, 3.63) is 0 Å². The van der Waals surface area contributed by atoms with Crippen molar-refractivity contribution in [3.8, 4) is 0 Å². The number of rotatable bonds is 16. The fraction of sp³-hybridized carbons (Fsp3) is 0.857. The molecule has 6 N–H and O–H groups in total. The molecule has 15 nitrogen and oxygen atoms in total. The Morgan fingerprint density at radius 3 is 2.14 bits per heavy atom. The Labute approximate surface area is 251 Å². The van der Waals surface area contributed by atoms with Crippen molar-refractivity contribution in [2.24, 2.45) is 11.7 Å². The second kappa shape index (κ2) is 17.7. The number of aliphatic hydroxyl groups excluding tert-OH is 2. The number of hydrogen-bond donors (Lipinski definition) is 5. The van der Waals surface area contributed by atoms with Crippen molar-refractivity contribution in [1.29, 1.82) is 0 Å². The third-order valence-electron chi connectivity index (χ3n) is 7.35. The summed E-state index contributed by atoms with van der Waals surface area (Å²) in [7, 11) is 0. The number of carbonyl (C=O) groups excluding carboxylic acids is 3. The average molecular weight is 621 g/mol. The maximum atomic E-state index is 12.8. The molecule has 2 fully saturated rings. The van der Waals surface area contributed by atoms with Gasteiger partial charge in [0.25, 0.3) is 0 Å². The number of carboxylic acids is 1. The molecular formula is C28H48N2O13. The van der Waals surface area contributed by atoms with Crippen molar-refractivity contribution in [1.82, 2.24) is 5.32 Å². The van der Waals surface area contributed by atoms with E-state index in [1.54, 1.807) is 34.6 Å². The van der Waals surface area contributed by atoms with E-state index in [0.29, 0.717) is 12.8 Å². The molecule has 0 saturated carbocycles. The second-order valence-corrected chi connectivity index (χ2v) is 11.4. The van der Waals surface area contributed by atoms with Gasteiger partial charge in [0.1, 0.15) is 12.2 Å². The molecule has 0 radical (unpaired) electrons. The summed E-state index contributed by atoms with van der Waals surface area (Å²) in [6.45, 7) is 8.39. The highest BCUT2D eigenvalue weighted by atomic mass is 16.7. The lowest BCUT2D eigenvalue weighted by Crippen LogP contribution is -2.51. The molecule has 2 aliphatic heterocycles. The summed E-state index contributed by atoms with van der Waals surface area (Å²) in [6.07, 6.45) is -6.15. The molecule has 0 bridgehead atoms. The Bertz CT molecular complexity index is 921. The zero-order valence-corrected chi connectivity index (χ0v) is 25.5. The van der Waals surface area contributed by atoms with E-state index in [0.717, 1.165) is 0 Å². The first-order valence-electron chi connectivity index (χ1n) is 14.8. The van der Waals surface area contributed by atoms with Gasteiger partial charge >= 0.3 is 23.9 Å². The summed E-state index contributed by atoms with van der Waals surface area (Å²) in [5.41, 5.74) is 5.06. The van der Waals surface area contributed by atoms with Crippen molar-refractivity contribution in [3.63, 3.8) is 0 Å². The molecule has 2 heterocycles. The molecule has 0 aliphatic carbocycles. The van der Waals surface area contributed by atoms with Crippen LogP contribution in [-0.2, 0) is 42.8 Å². The van der Waals surface area contributed by atoms with Crippen molar-refractivity contribution in [2.45, 2.75) is 141 Å². The molecule has 2 rings (SSSR count). The van der Waals surface area contributed by atoms with Crippen molar-refractivity contribution in [2.75, 3.05) is 6.54 Å². The minimum atomic E-state index is -1.02. The van der Waals surface area contributed by atoms with Crippen molar-refractivity contribution >= 4 is 23.9 Å². The Hall–Kier alpha value is -2.56. The Kier molecular flexibility index (Phi) is 15.0. The number of carbonyl (C=O) groups is 4. The predicted molar refractivity (Wildman–Crippen MR) is 148 cm³/mol. The van der Waals surface area contributed by atoms with E-state index in [4.69, 9.17) is 39.3 Å². The minimum absolute atomic E-state index is 0.0175. The predicted octanol–water partition coefficient (Wildman–Crippen LogP) is 0.951. The number of nitrogens with two attached hydrogens (primary N) is 1. The van der Waals surface area contributed by atoms with E-state index < -0.39 is 85.2 Å². The second-order valence-electron chi connectivity index (χ2n) is 11.4. The largest absolute Gasteiger partial charge is 0.481 e. The number of ether oxygens (including phenoxy) is 6. The summed E-state index contributed by atoms with van der Waals surface area (Å²) < 4.78 is 34.4. The van der Waals surface area contributed by atoms with Gasteiger partial charge in [0.15, 0.2) is 18.7 Å². The van der Waals surface area contributed by atoms with Gasteiger partial charge < -0.3 is 54.8 Å². The monoisotopic (exact) mass is 620 g/mol. The highest BCUT2D eigenvalue weighted by Crippen LogP contribution is 2.29. The van der Waals surface area contributed by atoms with Crippen LogP contribution in [0.2, 0.25) is 0 Å². The number of primary amides is 1. The van der Waals surface area contributed by atoms with Crippen molar-refractivity contribution < 1.29 is 62.9 Å². The maximum absolute atomic E-state index is 12.8. The van der Waals surface area contributed by atoms with Crippen LogP contribution < -0.4 is 11.1 Å². The standard InChI is InChI=1S/C28H48N2O13/c1-14(13-30-28(29)37)25(36)43-21-12-22(27(41-18(21)5)39-16(3)9-10-23(33)34)42-24(35)8-6-7-15(2)38-26-20(32)11-19(31)17(4)40-26/h14-22,26-27,31-32H,6-13H2,1-5H3,(H,33,34)(H3,29,30,37)/t14-,15-,16-,17+,18+,19-,20-,21-,22-,26-,27-/m1/s1. The van der Waals surface area contributed by atoms with Gasteiger partial charge in [-0.25, -0.2) is 4.79 Å². The van der Waals surface area contributed by atoms with Crippen LogP contribution >= 0.6 is 0 Å². The smallest absolute Gasteiger partial charge is 0.312 e. The zero-order chi connectivity index (χ0) is 32.3. The molecule has 0 aromatic heterocycles. The first-order valence-corrected chi connectivity index (χ1v) is 14.8. The Morgan fingerprint density at radius 1 is 0.860 bits per heavy atom. The third kappa shape index (κ3) is 12.9. The molecular weight excluding hydrogens is 572 g/mol. The number of amides is 2. The quantitative estimate of drug-likeness (QED) is 0.152. The van der Waals surface area contributed by atoms with Crippen LogP contribution in [0.3, 0.4) is 0 Å². The van der Waals surface area contributed by atoms with Crippen LogP contribution in [0.1, 0.15) is 79.6 Å². The summed E-state index contributed by atoms with van der Waals surface area (Å²) >= 11 is 0. The molecule has 11 atom stereocenters. The first kappa shape index (κ1) is 36.6. The molecule has 15 heteroatoms. The molecule has 0 unspecified atom stereocenters. The van der Waals surface area contributed by atoms with Gasteiger partial charge in [-0.05, 0) is 47.0 Å².